The van der Waals surface area contributed by atoms with Crippen LogP contribution in [0, 0.1) is 0 Å². The zero-order valence-corrected chi connectivity index (χ0v) is 8.91. The Morgan fingerprint density at radius 3 is 2.79 bits per heavy atom. The number of rotatable bonds is 8. The van der Waals surface area contributed by atoms with Gasteiger partial charge in [0.1, 0.15) is 0 Å². The summed E-state index contributed by atoms with van der Waals surface area (Å²) in [5, 5.41) is 2.71. The van der Waals surface area contributed by atoms with Crippen LogP contribution in [0.2, 0.25) is 0 Å². The van der Waals surface area contributed by atoms with E-state index in [1.165, 1.54) is 12.3 Å². The molecule has 0 aliphatic carbocycles. The Hall–Kier alpha value is -1.03. The van der Waals surface area contributed by atoms with E-state index in [1.807, 2.05) is 13.8 Å². The van der Waals surface area contributed by atoms with E-state index < -0.39 is 0 Å². The lowest BCUT2D eigenvalue weighted by molar-refractivity contribution is -0.116. The zero-order chi connectivity index (χ0) is 10.6. The van der Waals surface area contributed by atoms with Crippen molar-refractivity contribution in [2.24, 2.45) is 0 Å². The molecule has 0 saturated carbocycles. The van der Waals surface area contributed by atoms with E-state index in [1.54, 1.807) is 0 Å². The van der Waals surface area contributed by atoms with Gasteiger partial charge in [0.2, 0.25) is 5.91 Å². The molecule has 0 saturated heterocycles. The minimum atomic E-state index is -0.130. The van der Waals surface area contributed by atoms with Crippen molar-refractivity contribution in [1.82, 2.24) is 5.32 Å². The molecular weight excluding hydrogens is 182 g/mol. The summed E-state index contributed by atoms with van der Waals surface area (Å²) in [6.45, 7) is 6.43. The number of amides is 1. The van der Waals surface area contributed by atoms with Gasteiger partial charge in [0.25, 0.3) is 0 Å². The third-order valence-corrected chi connectivity index (χ3v) is 1.45. The van der Waals surface area contributed by atoms with Gasteiger partial charge in [-0.3, -0.25) is 4.79 Å². The smallest absolute Gasteiger partial charge is 0.247 e. The molecule has 0 radical (unpaired) electrons. The number of carbonyl (C=O) groups excluding carboxylic acids is 1. The second-order valence-corrected chi connectivity index (χ2v) is 2.60. The van der Waals surface area contributed by atoms with Crippen LogP contribution < -0.4 is 5.32 Å². The van der Waals surface area contributed by atoms with Crippen LogP contribution in [0.5, 0.6) is 0 Å². The molecule has 0 unspecified atom stereocenters. The molecule has 14 heavy (non-hydrogen) atoms. The molecule has 0 aromatic carbocycles. The summed E-state index contributed by atoms with van der Waals surface area (Å²) in [4.78, 5) is 11.0. The normalized spacial score (nSPS) is 10.4. The fourth-order valence-corrected chi connectivity index (χ4v) is 0.795. The summed E-state index contributed by atoms with van der Waals surface area (Å²) in [7, 11) is 0. The maximum absolute atomic E-state index is 11.0. The van der Waals surface area contributed by atoms with Gasteiger partial charge < -0.3 is 14.8 Å². The first-order chi connectivity index (χ1) is 6.81. The molecule has 0 heterocycles. The fourth-order valence-electron chi connectivity index (χ4n) is 0.795. The van der Waals surface area contributed by atoms with Crippen LogP contribution in [0.4, 0.5) is 0 Å². The Morgan fingerprint density at radius 2 is 2.14 bits per heavy atom. The Morgan fingerprint density at radius 1 is 1.36 bits per heavy atom. The van der Waals surface area contributed by atoms with Crippen molar-refractivity contribution in [2.45, 2.75) is 20.3 Å². The predicted octanol–water partition coefficient (Wildman–Crippen LogP) is 1.08. The number of hydrogen-bond donors (Lipinski definition) is 1. The monoisotopic (exact) mass is 201 g/mol. The minimum absolute atomic E-state index is 0.130. The minimum Gasteiger partial charge on any atom is -0.501 e. The van der Waals surface area contributed by atoms with Crippen molar-refractivity contribution in [3.63, 3.8) is 0 Å². The summed E-state index contributed by atoms with van der Waals surface area (Å²) in [6, 6.07) is 0. The van der Waals surface area contributed by atoms with E-state index in [-0.39, 0.29) is 5.91 Å². The molecule has 0 aromatic heterocycles. The Kier molecular flexibility index (Phi) is 9.31. The molecule has 0 fully saturated rings. The third-order valence-electron chi connectivity index (χ3n) is 1.45. The van der Waals surface area contributed by atoms with Crippen molar-refractivity contribution in [3.8, 4) is 0 Å². The first kappa shape index (κ1) is 13.0. The quantitative estimate of drug-likeness (QED) is 0.363. The maximum atomic E-state index is 11.0. The number of carbonyl (C=O) groups is 1. The van der Waals surface area contributed by atoms with E-state index in [0.717, 1.165) is 13.0 Å². The maximum Gasteiger partial charge on any atom is 0.247 e. The molecule has 4 heteroatoms. The van der Waals surface area contributed by atoms with Gasteiger partial charge in [-0.05, 0) is 20.3 Å². The predicted molar refractivity (Wildman–Crippen MR) is 54.9 cm³/mol. The molecular formula is C10H19NO3. The molecule has 0 spiro atoms. The SMILES string of the molecule is CCOC=CC(=O)NCCCOCC. The van der Waals surface area contributed by atoms with E-state index in [0.29, 0.717) is 19.8 Å². The van der Waals surface area contributed by atoms with Crippen molar-refractivity contribution in [2.75, 3.05) is 26.4 Å². The molecule has 1 amide bonds. The lowest BCUT2D eigenvalue weighted by Gasteiger charge is -2.02. The zero-order valence-electron chi connectivity index (χ0n) is 8.91. The van der Waals surface area contributed by atoms with Crippen LogP contribution in [0.15, 0.2) is 12.3 Å². The average molecular weight is 201 g/mol. The molecule has 0 aromatic rings. The average Bonchev–Trinajstić information content (AvgIpc) is 2.18. The van der Waals surface area contributed by atoms with Crippen LogP contribution in [-0.4, -0.2) is 32.3 Å². The van der Waals surface area contributed by atoms with Gasteiger partial charge in [0.05, 0.1) is 12.9 Å². The van der Waals surface area contributed by atoms with E-state index in [4.69, 9.17) is 9.47 Å². The largest absolute Gasteiger partial charge is 0.501 e. The molecule has 0 bridgehead atoms. The molecule has 0 rings (SSSR count). The van der Waals surface area contributed by atoms with Crippen LogP contribution in [0.3, 0.4) is 0 Å². The summed E-state index contributed by atoms with van der Waals surface area (Å²) in [6.07, 6.45) is 3.62. The van der Waals surface area contributed by atoms with Crippen molar-refractivity contribution in [1.29, 1.82) is 0 Å². The first-order valence-electron chi connectivity index (χ1n) is 4.95. The van der Waals surface area contributed by atoms with Crippen LogP contribution in [0.25, 0.3) is 0 Å². The number of hydrogen-bond acceptors (Lipinski definition) is 3. The molecule has 82 valence electrons. The highest BCUT2D eigenvalue weighted by Gasteiger charge is 1.93. The van der Waals surface area contributed by atoms with Crippen LogP contribution in [-0.2, 0) is 14.3 Å². The van der Waals surface area contributed by atoms with Crippen molar-refractivity contribution < 1.29 is 14.3 Å². The highest BCUT2D eigenvalue weighted by molar-refractivity contribution is 5.87. The summed E-state index contributed by atoms with van der Waals surface area (Å²) >= 11 is 0. The molecule has 0 atom stereocenters. The molecule has 0 aliphatic heterocycles. The lowest BCUT2D eigenvalue weighted by Crippen LogP contribution is -2.23. The summed E-state index contributed by atoms with van der Waals surface area (Å²) < 4.78 is 10.0. The Bertz CT molecular complexity index is 169. The van der Waals surface area contributed by atoms with Gasteiger partial charge in [-0.1, -0.05) is 0 Å². The number of nitrogens with one attached hydrogen (secondary N) is 1. The van der Waals surface area contributed by atoms with Crippen molar-refractivity contribution >= 4 is 5.91 Å². The molecule has 0 aliphatic rings. The van der Waals surface area contributed by atoms with E-state index >= 15 is 0 Å². The lowest BCUT2D eigenvalue weighted by atomic mass is 10.4. The van der Waals surface area contributed by atoms with E-state index in [9.17, 15) is 4.79 Å². The van der Waals surface area contributed by atoms with Crippen molar-refractivity contribution in [3.05, 3.63) is 12.3 Å². The summed E-state index contributed by atoms with van der Waals surface area (Å²) in [5.41, 5.74) is 0. The Labute approximate surface area is 85.3 Å². The standard InChI is InChI=1S/C10H19NO3/c1-3-13-8-5-7-11-10(12)6-9-14-4-2/h6,9H,3-5,7-8H2,1-2H3,(H,11,12). The first-order valence-corrected chi connectivity index (χ1v) is 4.95. The van der Waals surface area contributed by atoms with Gasteiger partial charge in [0, 0.05) is 25.8 Å². The van der Waals surface area contributed by atoms with Crippen LogP contribution in [0.1, 0.15) is 20.3 Å². The molecule has 1 N–H and O–H groups in total. The topological polar surface area (TPSA) is 47.6 Å². The highest BCUT2D eigenvalue weighted by atomic mass is 16.5. The Balaban J connectivity index is 3.26. The fraction of sp³-hybridized carbons (Fsp3) is 0.700. The highest BCUT2D eigenvalue weighted by Crippen LogP contribution is 1.82. The van der Waals surface area contributed by atoms with Gasteiger partial charge in [0.15, 0.2) is 0 Å². The van der Waals surface area contributed by atoms with Gasteiger partial charge in [-0.25, -0.2) is 0 Å². The third kappa shape index (κ3) is 9.06. The van der Waals surface area contributed by atoms with Gasteiger partial charge in [-0.2, -0.15) is 0 Å². The van der Waals surface area contributed by atoms with Gasteiger partial charge >= 0.3 is 0 Å². The molecule has 4 nitrogen and oxygen atoms in total. The van der Waals surface area contributed by atoms with Crippen LogP contribution >= 0.6 is 0 Å². The summed E-state index contributed by atoms with van der Waals surface area (Å²) in [5.74, 6) is -0.130. The second kappa shape index (κ2) is 10.1. The van der Waals surface area contributed by atoms with Gasteiger partial charge in [-0.15, -0.1) is 0 Å². The number of ether oxygens (including phenoxy) is 2. The second-order valence-electron chi connectivity index (χ2n) is 2.60. The van der Waals surface area contributed by atoms with E-state index in [2.05, 4.69) is 5.32 Å².